The minimum absolute atomic E-state index is 0.908. The number of fused-ring (bicyclic) bond motifs is 2. The summed E-state index contributed by atoms with van der Waals surface area (Å²) in [6.07, 6.45) is 5.88. The molecule has 3 aromatic heterocycles. The number of aromatic nitrogens is 4. The Bertz CT molecular complexity index is 1830. The van der Waals surface area contributed by atoms with Crippen molar-refractivity contribution < 1.29 is 0 Å². The van der Waals surface area contributed by atoms with Crippen LogP contribution in [0.1, 0.15) is 19.0 Å². The third kappa shape index (κ3) is 4.49. The Kier molecular flexibility index (Phi) is 6.04. The Balaban J connectivity index is 1.14. The second-order valence-electron chi connectivity index (χ2n) is 10.3. The number of nitrogens with zero attached hydrogens (tertiary/aromatic N) is 5. The lowest BCUT2D eigenvalue weighted by Crippen LogP contribution is -2.36. The number of aryl methyl sites for hydroxylation is 2. The maximum atomic E-state index is 4.99. The molecule has 0 radical (unpaired) electrons. The molecule has 6 aromatic rings. The highest BCUT2D eigenvalue weighted by atomic mass is 15.2. The zero-order valence-corrected chi connectivity index (χ0v) is 22.7. The zero-order chi connectivity index (χ0) is 27.1. The molecule has 0 bridgehead atoms. The van der Waals surface area contributed by atoms with Gasteiger partial charge in [-0.05, 0) is 91.7 Å². The maximum absolute atomic E-state index is 4.99. The standard InChI is InChI=1S/C33H31N7/c1-3-23-19-26(13-15-34-23)36-25-9-12-32-31(20-25)38-33(39(32)2)22-5-7-24(8-6-22)37-30-14-16-35-29-11-10-27(21-28(29)30)40-17-4-18-40/h5-16,19-21H,3-4,17-18H2,1-2H3,(H,34,36)(H,35,37). The first-order valence-electron chi connectivity index (χ1n) is 13.8. The monoisotopic (exact) mass is 525 g/mol. The minimum Gasteiger partial charge on any atom is -0.371 e. The number of pyridine rings is 2. The Morgan fingerprint density at radius 2 is 1.55 bits per heavy atom. The molecule has 4 heterocycles. The molecule has 1 aliphatic rings. The lowest BCUT2D eigenvalue weighted by atomic mass is 10.1. The predicted octanol–water partition coefficient (Wildman–Crippen LogP) is 7.44. The van der Waals surface area contributed by atoms with Gasteiger partial charge in [0.15, 0.2) is 0 Å². The molecule has 0 aliphatic carbocycles. The average molecular weight is 526 g/mol. The van der Waals surface area contributed by atoms with E-state index in [1.165, 1.54) is 12.1 Å². The fourth-order valence-corrected chi connectivity index (χ4v) is 5.32. The molecule has 7 rings (SSSR count). The van der Waals surface area contributed by atoms with Crippen molar-refractivity contribution in [3.8, 4) is 11.4 Å². The molecule has 7 nitrogen and oxygen atoms in total. The first kappa shape index (κ1) is 24.2. The summed E-state index contributed by atoms with van der Waals surface area (Å²) in [7, 11) is 2.07. The largest absolute Gasteiger partial charge is 0.371 e. The third-order valence-corrected chi connectivity index (χ3v) is 7.72. The van der Waals surface area contributed by atoms with E-state index in [2.05, 4.69) is 111 Å². The van der Waals surface area contributed by atoms with Crippen LogP contribution in [-0.4, -0.2) is 32.6 Å². The lowest BCUT2D eigenvalue weighted by molar-refractivity contribution is 0.618. The van der Waals surface area contributed by atoms with Gasteiger partial charge in [0.05, 0.1) is 16.6 Å². The van der Waals surface area contributed by atoms with Gasteiger partial charge in [-0.15, -0.1) is 0 Å². The normalized spacial score (nSPS) is 13.0. The summed E-state index contributed by atoms with van der Waals surface area (Å²) in [6, 6.07) is 27.4. The summed E-state index contributed by atoms with van der Waals surface area (Å²) in [5.41, 5.74) is 10.6. The molecule has 2 N–H and O–H groups in total. The van der Waals surface area contributed by atoms with Crippen molar-refractivity contribution in [2.75, 3.05) is 28.6 Å². The molecule has 1 fully saturated rings. The van der Waals surface area contributed by atoms with Crippen LogP contribution >= 0.6 is 0 Å². The molecule has 7 heteroatoms. The highest BCUT2D eigenvalue weighted by molar-refractivity contribution is 5.95. The summed E-state index contributed by atoms with van der Waals surface area (Å²) in [4.78, 5) is 16.4. The molecule has 1 aliphatic heterocycles. The van der Waals surface area contributed by atoms with E-state index in [0.29, 0.717) is 0 Å². The van der Waals surface area contributed by atoms with Crippen LogP contribution in [0.3, 0.4) is 0 Å². The van der Waals surface area contributed by atoms with E-state index in [-0.39, 0.29) is 0 Å². The minimum atomic E-state index is 0.908. The molecule has 198 valence electrons. The Labute approximate surface area is 233 Å². The van der Waals surface area contributed by atoms with Crippen LogP contribution in [0.15, 0.2) is 91.3 Å². The summed E-state index contributed by atoms with van der Waals surface area (Å²) in [5, 5.41) is 8.24. The smallest absolute Gasteiger partial charge is 0.140 e. The molecule has 0 saturated carbocycles. The van der Waals surface area contributed by atoms with E-state index in [0.717, 1.165) is 81.3 Å². The fourth-order valence-electron chi connectivity index (χ4n) is 5.32. The summed E-state index contributed by atoms with van der Waals surface area (Å²) in [5.74, 6) is 0.935. The SMILES string of the molecule is CCc1cc(Nc2ccc3c(c2)nc(-c2ccc(Nc4ccnc5ccc(N6CCC6)cc45)cc2)n3C)ccn1. The molecule has 0 atom stereocenters. The van der Waals surface area contributed by atoms with Gasteiger partial charge in [0.2, 0.25) is 0 Å². The van der Waals surface area contributed by atoms with E-state index in [1.54, 1.807) is 0 Å². The second kappa shape index (κ2) is 10.0. The number of nitrogens with one attached hydrogen (secondary N) is 2. The van der Waals surface area contributed by atoms with E-state index in [9.17, 15) is 0 Å². The lowest BCUT2D eigenvalue weighted by Gasteiger charge is -2.33. The van der Waals surface area contributed by atoms with E-state index in [1.807, 2.05) is 24.5 Å². The number of rotatable bonds is 7. The van der Waals surface area contributed by atoms with Crippen molar-refractivity contribution in [1.29, 1.82) is 0 Å². The molecule has 0 spiro atoms. The van der Waals surface area contributed by atoms with E-state index >= 15 is 0 Å². The van der Waals surface area contributed by atoms with Gasteiger partial charge in [-0.3, -0.25) is 9.97 Å². The van der Waals surface area contributed by atoms with Crippen molar-refractivity contribution in [3.63, 3.8) is 0 Å². The average Bonchev–Trinajstić information content (AvgIpc) is 3.28. The van der Waals surface area contributed by atoms with Crippen molar-refractivity contribution in [2.45, 2.75) is 19.8 Å². The number of hydrogen-bond acceptors (Lipinski definition) is 6. The Hall–Kier alpha value is -4.91. The third-order valence-electron chi connectivity index (χ3n) is 7.72. The van der Waals surface area contributed by atoms with Crippen LogP contribution in [0.5, 0.6) is 0 Å². The van der Waals surface area contributed by atoms with Crippen LogP contribution in [0.25, 0.3) is 33.3 Å². The van der Waals surface area contributed by atoms with Crippen LogP contribution in [0.4, 0.5) is 28.4 Å². The van der Waals surface area contributed by atoms with Gasteiger partial charge in [0, 0.05) is 77.6 Å². The predicted molar refractivity (Wildman–Crippen MR) is 165 cm³/mol. The van der Waals surface area contributed by atoms with Gasteiger partial charge in [0.1, 0.15) is 5.82 Å². The number of anilines is 5. The summed E-state index contributed by atoms with van der Waals surface area (Å²) >= 11 is 0. The van der Waals surface area contributed by atoms with Crippen LogP contribution in [0.2, 0.25) is 0 Å². The first-order valence-corrected chi connectivity index (χ1v) is 13.8. The fraction of sp³-hybridized carbons (Fsp3) is 0.182. The molecule has 0 amide bonds. The molecular formula is C33H31N7. The molecular weight excluding hydrogens is 494 g/mol. The summed E-state index contributed by atoms with van der Waals surface area (Å²) in [6.45, 7) is 4.36. The van der Waals surface area contributed by atoms with Gasteiger partial charge in [0.25, 0.3) is 0 Å². The quantitative estimate of drug-likeness (QED) is 0.226. The topological polar surface area (TPSA) is 70.9 Å². The van der Waals surface area contributed by atoms with Gasteiger partial charge in [-0.1, -0.05) is 6.92 Å². The number of hydrogen-bond donors (Lipinski definition) is 2. The van der Waals surface area contributed by atoms with Gasteiger partial charge in [-0.25, -0.2) is 4.98 Å². The van der Waals surface area contributed by atoms with Crippen molar-refractivity contribution in [1.82, 2.24) is 19.5 Å². The first-order chi connectivity index (χ1) is 19.6. The van der Waals surface area contributed by atoms with Crippen LogP contribution in [-0.2, 0) is 13.5 Å². The molecule has 0 unspecified atom stereocenters. The second-order valence-corrected chi connectivity index (χ2v) is 10.3. The van der Waals surface area contributed by atoms with E-state index in [4.69, 9.17) is 4.98 Å². The van der Waals surface area contributed by atoms with E-state index < -0.39 is 0 Å². The van der Waals surface area contributed by atoms with Crippen molar-refractivity contribution in [2.24, 2.45) is 7.05 Å². The summed E-state index contributed by atoms with van der Waals surface area (Å²) < 4.78 is 2.15. The number of benzene rings is 3. The maximum Gasteiger partial charge on any atom is 0.140 e. The van der Waals surface area contributed by atoms with Crippen LogP contribution < -0.4 is 15.5 Å². The molecule has 40 heavy (non-hydrogen) atoms. The van der Waals surface area contributed by atoms with Crippen molar-refractivity contribution >= 4 is 50.4 Å². The molecule has 3 aromatic carbocycles. The highest BCUT2D eigenvalue weighted by Crippen LogP contribution is 2.32. The molecule has 1 saturated heterocycles. The number of imidazole rings is 1. The Morgan fingerprint density at radius 1 is 0.750 bits per heavy atom. The van der Waals surface area contributed by atoms with Gasteiger partial charge in [-0.2, -0.15) is 0 Å². The van der Waals surface area contributed by atoms with Crippen LogP contribution in [0, 0.1) is 0 Å². The van der Waals surface area contributed by atoms with Gasteiger partial charge < -0.3 is 20.1 Å². The Morgan fingerprint density at radius 3 is 2.35 bits per heavy atom. The highest BCUT2D eigenvalue weighted by Gasteiger charge is 2.16. The zero-order valence-electron chi connectivity index (χ0n) is 22.7. The van der Waals surface area contributed by atoms with Gasteiger partial charge >= 0.3 is 0 Å². The van der Waals surface area contributed by atoms with Crippen molar-refractivity contribution in [3.05, 3.63) is 97.0 Å².